The fourth-order valence-electron chi connectivity index (χ4n) is 2.01. The highest BCUT2D eigenvalue weighted by Crippen LogP contribution is 2.29. The molecule has 0 saturated heterocycles. The Hall–Kier alpha value is -2.89. The monoisotopic (exact) mass is 272 g/mol. The van der Waals surface area contributed by atoms with Gasteiger partial charge in [-0.3, -0.25) is 10.1 Å². The summed E-state index contributed by atoms with van der Waals surface area (Å²) in [6.45, 7) is 0. The van der Waals surface area contributed by atoms with Crippen molar-refractivity contribution in [2.45, 2.75) is 6.04 Å². The van der Waals surface area contributed by atoms with Crippen molar-refractivity contribution in [2.24, 2.45) is 0 Å². The molecule has 0 aliphatic carbocycles. The normalized spacial score (nSPS) is 11.6. The minimum absolute atomic E-state index is 0.116. The quantitative estimate of drug-likeness (QED) is 0.661. The zero-order valence-electron chi connectivity index (χ0n) is 10.4. The molecule has 1 atom stereocenters. The highest BCUT2D eigenvalue weighted by atomic mass is 16.6. The Kier molecular flexibility index (Phi) is 3.95. The van der Waals surface area contributed by atoms with E-state index in [2.05, 4.69) is 5.32 Å². The second-order valence-corrected chi connectivity index (χ2v) is 4.11. The predicted molar refractivity (Wildman–Crippen MR) is 72.5 cm³/mol. The smallest absolute Gasteiger partial charge is 0.405 e. The van der Waals surface area contributed by atoms with Crippen LogP contribution < -0.4 is 5.32 Å². The Morgan fingerprint density at radius 2 is 1.70 bits per heavy atom. The third-order valence-corrected chi connectivity index (χ3v) is 2.85. The van der Waals surface area contributed by atoms with E-state index >= 15 is 0 Å². The molecule has 102 valence electrons. The van der Waals surface area contributed by atoms with Gasteiger partial charge in [-0.2, -0.15) is 0 Å². The molecular weight excluding hydrogens is 260 g/mol. The van der Waals surface area contributed by atoms with Crippen molar-refractivity contribution >= 4 is 11.8 Å². The number of para-hydroxylation sites is 1. The summed E-state index contributed by atoms with van der Waals surface area (Å²) in [5, 5.41) is 22.3. The van der Waals surface area contributed by atoms with Crippen LogP contribution in [0.2, 0.25) is 0 Å². The van der Waals surface area contributed by atoms with Gasteiger partial charge in [0.2, 0.25) is 0 Å². The molecule has 6 heteroatoms. The lowest BCUT2D eigenvalue weighted by Crippen LogP contribution is -2.28. The summed E-state index contributed by atoms with van der Waals surface area (Å²) < 4.78 is 0. The van der Waals surface area contributed by atoms with Gasteiger partial charge >= 0.3 is 6.09 Å². The molecule has 20 heavy (non-hydrogen) atoms. The molecule has 2 N–H and O–H groups in total. The first-order chi connectivity index (χ1) is 9.59. The van der Waals surface area contributed by atoms with Gasteiger partial charge < -0.3 is 10.4 Å². The van der Waals surface area contributed by atoms with Crippen molar-refractivity contribution in [3.63, 3.8) is 0 Å². The van der Waals surface area contributed by atoms with Crippen LogP contribution in [0.4, 0.5) is 10.5 Å². The van der Waals surface area contributed by atoms with E-state index in [4.69, 9.17) is 5.11 Å². The van der Waals surface area contributed by atoms with Gasteiger partial charge in [0, 0.05) is 6.07 Å². The summed E-state index contributed by atoms with van der Waals surface area (Å²) in [6, 6.07) is 14.0. The predicted octanol–water partition coefficient (Wildman–Crippen LogP) is 2.95. The lowest BCUT2D eigenvalue weighted by Gasteiger charge is -2.17. The fourth-order valence-corrected chi connectivity index (χ4v) is 2.01. The van der Waals surface area contributed by atoms with E-state index in [1.54, 1.807) is 48.5 Å². The summed E-state index contributed by atoms with van der Waals surface area (Å²) in [5.74, 6) is 0. The van der Waals surface area contributed by atoms with Crippen LogP contribution >= 0.6 is 0 Å². The Labute approximate surface area is 114 Å². The summed E-state index contributed by atoms with van der Waals surface area (Å²) in [4.78, 5) is 21.5. The van der Waals surface area contributed by atoms with Crippen molar-refractivity contribution in [3.8, 4) is 0 Å². The molecule has 0 aromatic heterocycles. The Morgan fingerprint density at radius 1 is 1.10 bits per heavy atom. The topological polar surface area (TPSA) is 92.5 Å². The van der Waals surface area contributed by atoms with Crippen molar-refractivity contribution in [3.05, 3.63) is 75.8 Å². The number of carboxylic acid groups (broad SMARTS) is 1. The van der Waals surface area contributed by atoms with Gasteiger partial charge in [-0.05, 0) is 11.6 Å². The van der Waals surface area contributed by atoms with E-state index in [0.29, 0.717) is 11.1 Å². The molecule has 0 heterocycles. The molecule has 0 fully saturated rings. The number of nitrogens with one attached hydrogen (secondary N) is 1. The van der Waals surface area contributed by atoms with Gasteiger partial charge in [-0.15, -0.1) is 0 Å². The fraction of sp³-hybridized carbons (Fsp3) is 0.0714. The minimum atomic E-state index is -1.24. The van der Waals surface area contributed by atoms with E-state index in [1.165, 1.54) is 6.07 Å². The Bertz CT molecular complexity index is 628. The number of hydrogen-bond donors (Lipinski definition) is 2. The second-order valence-electron chi connectivity index (χ2n) is 4.11. The lowest BCUT2D eigenvalue weighted by atomic mass is 9.97. The molecular formula is C14H12N2O4. The van der Waals surface area contributed by atoms with Gasteiger partial charge in [-0.25, -0.2) is 4.79 Å². The van der Waals surface area contributed by atoms with Gasteiger partial charge in [0.05, 0.1) is 16.5 Å². The van der Waals surface area contributed by atoms with Crippen LogP contribution in [0.1, 0.15) is 17.2 Å². The highest BCUT2D eigenvalue weighted by Gasteiger charge is 2.24. The first-order valence-corrected chi connectivity index (χ1v) is 5.87. The Balaban J connectivity index is 2.52. The third-order valence-electron chi connectivity index (χ3n) is 2.85. The maximum atomic E-state index is 11.1. The highest BCUT2D eigenvalue weighted by molar-refractivity contribution is 5.67. The first kappa shape index (κ1) is 13.5. The maximum absolute atomic E-state index is 11.1. The molecule has 2 aromatic rings. The van der Waals surface area contributed by atoms with Crippen molar-refractivity contribution in [1.29, 1.82) is 0 Å². The van der Waals surface area contributed by atoms with Gasteiger partial charge in [0.1, 0.15) is 0 Å². The molecule has 0 aliphatic rings. The van der Waals surface area contributed by atoms with Crippen LogP contribution in [0.25, 0.3) is 0 Å². The first-order valence-electron chi connectivity index (χ1n) is 5.87. The molecule has 1 unspecified atom stereocenters. The van der Waals surface area contributed by atoms with Crippen LogP contribution in [0.3, 0.4) is 0 Å². The van der Waals surface area contributed by atoms with Crippen molar-refractivity contribution < 1.29 is 14.8 Å². The van der Waals surface area contributed by atoms with Crippen LogP contribution in [0.15, 0.2) is 54.6 Å². The van der Waals surface area contributed by atoms with E-state index in [1.807, 2.05) is 0 Å². The SMILES string of the molecule is O=C(O)NC(c1ccccc1)c1ccccc1[N+](=O)[O-]. The molecule has 0 radical (unpaired) electrons. The molecule has 0 saturated carbocycles. The van der Waals surface area contributed by atoms with E-state index < -0.39 is 17.1 Å². The summed E-state index contributed by atoms with van der Waals surface area (Å²) in [5.41, 5.74) is 0.838. The molecule has 2 aromatic carbocycles. The summed E-state index contributed by atoms with van der Waals surface area (Å²) >= 11 is 0. The minimum Gasteiger partial charge on any atom is -0.465 e. The number of nitrogens with zero attached hydrogens (tertiary/aromatic N) is 1. The number of carbonyl (C=O) groups is 1. The molecule has 1 amide bonds. The molecule has 0 bridgehead atoms. The zero-order chi connectivity index (χ0) is 14.5. The molecule has 6 nitrogen and oxygen atoms in total. The number of nitro benzene ring substituents is 1. The van der Waals surface area contributed by atoms with Gasteiger partial charge in [0.15, 0.2) is 0 Å². The number of benzene rings is 2. The van der Waals surface area contributed by atoms with Gasteiger partial charge in [0.25, 0.3) is 5.69 Å². The summed E-state index contributed by atoms with van der Waals surface area (Å²) in [6.07, 6.45) is -1.24. The van der Waals surface area contributed by atoms with E-state index in [9.17, 15) is 14.9 Å². The summed E-state index contributed by atoms with van der Waals surface area (Å²) in [7, 11) is 0. The van der Waals surface area contributed by atoms with Crippen LogP contribution in [0, 0.1) is 10.1 Å². The number of rotatable bonds is 4. The Morgan fingerprint density at radius 3 is 2.30 bits per heavy atom. The number of hydrogen-bond acceptors (Lipinski definition) is 3. The average molecular weight is 272 g/mol. The number of amides is 1. The van der Waals surface area contributed by atoms with Crippen molar-refractivity contribution in [1.82, 2.24) is 5.32 Å². The van der Waals surface area contributed by atoms with Crippen LogP contribution in [-0.2, 0) is 0 Å². The molecule has 2 rings (SSSR count). The number of nitro groups is 1. The third kappa shape index (κ3) is 2.92. The maximum Gasteiger partial charge on any atom is 0.405 e. The van der Waals surface area contributed by atoms with Crippen molar-refractivity contribution in [2.75, 3.05) is 0 Å². The van der Waals surface area contributed by atoms with E-state index in [-0.39, 0.29) is 5.69 Å². The van der Waals surface area contributed by atoms with Gasteiger partial charge in [-0.1, -0.05) is 42.5 Å². The lowest BCUT2D eigenvalue weighted by molar-refractivity contribution is -0.385. The zero-order valence-corrected chi connectivity index (χ0v) is 10.4. The van der Waals surface area contributed by atoms with E-state index in [0.717, 1.165) is 0 Å². The average Bonchev–Trinajstić information content (AvgIpc) is 2.45. The standard InChI is InChI=1S/C14H12N2O4/c17-14(18)15-13(10-6-2-1-3-7-10)11-8-4-5-9-12(11)16(19)20/h1-9,13,15H,(H,17,18). The largest absolute Gasteiger partial charge is 0.465 e. The van der Waals surface area contributed by atoms with Crippen LogP contribution in [0.5, 0.6) is 0 Å². The molecule has 0 spiro atoms. The molecule has 0 aliphatic heterocycles. The second kappa shape index (κ2) is 5.83. The van der Waals surface area contributed by atoms with Crippen LogP contribution in [-0.4, -0.2) is 16.1 Å².